The number of piperidine rings is 1. The van der Waals surface area contributed by atoms with Crippen molar-refractivity contribution in [2.24, 2.45) is 5.41 Å². The Morgan fingerprint density at radius 3 is 2.53 bits per heavy atom. The topological polar surface area (TPSA) is 111 Å². The molecule has 3 aromatic rings. The van der Waals surface area contributed by atoms with E-state index in [2.05, 4.69) is 20.5 Å². The normalized spacial score (nSPS) is 15.4. The number of aliphatic carboxylic acids is 1. The fraction of sp³-hybridized carbons (Fsp3) is 0.407. The summed E-state index contributed by atoms with van der Waals surface area (Å²) in [6.45, 7) is 6.08. The van der Waals surface area contributed by atoms with Crippen LogP contribution in [-0.2, 0) is 17.8 Å². The molecule has 0 amide bonds. The van der Waals surface area contributed by atoms with Crippen LogP contribution in [0.1, 0.15) is 59.1 Å². The molecule has 1 saturated heterocycles. The molecule has 8 nitrogen and oxygen atoms in total. The van der Waals surface area contributed by atoms with Crippen LogP contribution in [0.4, 0.5) is 20.4 Å². The van der Waals surface area contributed by atoms with Gasteiger partial charge in [0.2, 0.25) is 0 Å². The van der Waals surface area contributed by atoms with Gasteiger partial charge in [-0.3, -0.25) is 19.6 Å². The number of halogens is 3. The molecule has 3 N–H and O–H groups in total. The van der Waals surface area contributed by atoms with Crippen LogP contribution in [0, 0.1) is 30.9 Å². The number of pyridine rings is 1. The molecule has 3 heterocycles. The Kier molecular flexibility index (Phi) is 8.13. The van der Waals surface area contributed by atoms with E-state index in [0.29, 0.717) is 30.0 Å². The van der Waals surface area contributed by atoms with E-state index in [1.165, 1.54) is 6.07 Å². The third-order valence-electron chi connectivity index (χ3n) is 7.20. The van der Waals surface area contributed by atoms with Crippen molar-refractivity contribution in [2.45, 2.75) is 53.0 Å². The van der Waals surface area contributed by atoms with Crippen LogP contribution in [0.3, 0.4) is 0 Å². The maximum atomic E-state index is 15.7. The van der Waals surface area contributed by atoms with E-state index in [4.69, 9.17) is 11.6 Å². The first kappa shape index (κ1) is 27.7. The molecule has 11 heteroatoms. The molecule has 1 fully saturated rings. The number of Topliss-reactive ketones (excluding diaryl/α,β-unsaturated/α-hetero) is 1. The highest BCUT2D eigenvalue weighted by Crippen LogP contribution is 2.38. The predicted molar refractivity (Wildman–Crippen MR) is 140 cm³/mol. The second-order valence-corrected chi connectivity index (χ2v) is 10.2. The van der Waals surface area contributed by atoms with Crippen LogP contribution < -0.4 is 5.32 Å². The molecule has 0 radical (unpaired) electrons. The number of nitrogens with zero attached hydrogens (tertiary/aromatic N) is 3. The highest BCUT2D eigenvalue weighted by molar-refractivity contribution is 6.30. The van der Waals surface area contributed by atoms with Gasteiger partial charge in [0.05, 0.1) is 21.7 Å². The van der Waals surface area contributed by atoms with Gasteiger partial charge in [-0.2, -0.15) is 5.10 Å². The first-order valence-corrected chi connectivity index (χ1v) is 12.8. The molecular weight excluding hydrogens is 516 g/mol. The lowest BCUT2D eigenvalue weighted by Crippen LogP contribution is -2.45. The molecule has 1 aromatic carbocycles. The molecule has 4 rings (SSSR count). The van der Waals surface area contributed by atoms with Crippen LogP contribution in [0.5, 0.6) is 0 Å². The summed E-state index contributed by atoms with van der Waals surface area (Å²) in [4.78, 5) is 31.6. The third-order valence-corrected chi connectivity index (χ3v) is 7.49. The zero-order valence-electron chi connectivity index (χ0n) is 21.5. The van der Waals surface area contributed by atoms with E-state index in [0.717, 1.165) is 5.69 Å². The highest BCUT2D eigenvalue weighted by atomic mass is 35.5. The smallest absolute Gasteiger partial charge is 0.310 e. The quantitative estimate of drug-likeness (QED) is 0.300. The number of aromatic amines is 1. The molecule has 0 spiro atoms. The number of aromatic nitrogens is 3. The van der Waals surface area contributed by atoms with E-state index in [-0.39, 0.29) is 54.3 Å². The van der Waals surface area contributed by atoms with Crippen LogP contribution >= 0.6 is 11.6 Å². The van der Waals surface area contributed by atoms with Gasteiger partial charge in [0, 0.05) is 42.3 Å². The number of likely N-dealkylation sites (tertiary alicyclic amines) is 1. The number of carboxylic acid groups (broad SMARTS) is 1. The van der Waals surface area contributed by atoms with Gasteiger partial charge in [-0.15, -0.1) is 0 Å². The van der Waals surface area contributed by atoms with Crippen LogP contribution in [0.15, 0.2) is 24.3 Å². The summed E-state index contributed by atoms with van der Waals surface area (Å²) in [5, 5.41) is 20.2. The van der Waals surface area contributed by atoms with Crippen molar-refractivity contribution in [3.8, 4) is 0 Å². The third kappa shape index (κ3) is 5.56. The van der Waals surface area contributed by atoms with Crippen molar-refractivity contribution in [1.82, 2.24) is 20.1 Å². The van der Waals surface area contributed by atoms with Crippen molar-refractivity contribution in [2.75, 3.05) is 18.4 Å². The van der Waals surface area contributed by atoms with E-state index in [1.54, 1.807) is 32.0 Å². The molecule has 0 unspecified atom stereocenters. The number of carbonyl (C=O) groups excluding carboxylic acids is 1. The summed E-state index contributed by atoms with van der Waals surface area (Å²) in [7, 11) is 0. The van der Waals surface area contributed by atoms with Crippen molar-refractivity contribution in [1.29, 1.82) is 0 Å². The number of aryl methyl sites for hydroxylation is 1. The Hall–Kier alpha value is -3.37. The molecule has 0 bridgehead atoms. The molecular formula is C27H30ClF2N5O3. The van der Waals surface area contributed by atoms with Crippen LogP contribution in [0.25, 0.3) is 0 Å². The minimum absolute atomic E-state index is 0.0344. The molecule has 1 aliphatic rings. The first-order valence-electron chi connectivity index (χ1n) is 12.4. The number of hydrogen-bond donors (Lipinski definition) is 3. The Balaban J connectivity index is 1.62. The fourth-order valence-corrected chi connectivity index (χ4v) is 5.08. The van der Waals surface area contributed by atoms with Gasteiger partial charge < -0.3 is 10.4 Å². The molecule has 0 atom stereocenters. The van der Waals surface area contributed by atoms with E-state index < -0.39 is 28.8 Å². The summed E-state index contributed by atoms with van der Waals surface area (Å²) < 4.78 is 30.1. The summed E-state index contributed by atoms with van der Waals surface area (Å²) >= 11 is 5.90. The van der Waals surface area contributed by atoms with Crippen LogP contribution in [-0.4, -0.2) is 50.0 Å². The van der Waals surface area contributed by atoms with Gasteiger partial charge in [-0.25, -0.2) is 13.8 Å². The minimum atomic E-state index is -1.29. The summed E-state index contributed by atoms with van der Waals surface area (Å²) in [6, 6.07) is 6.53. The molecule has 2 aromatic heterocycles. The van der Waals surface area contributed by atoms with Gasteiger partial charge in [0.1, 0.15) is 11.6 Å². The maximum absolute atomic E-state index is 15.7. The molecule has 1 aliphatic heterocycles. The largest absolute Gasteiger partial charge is 0.481 e. The lowest BCUT2D eigenvalue weighted by molar-refractivity contribution is -0.152. The number of hydrogen-bond acceptors (Lipinski definition) is 6. The Morgan fingerprint density at radius 1 is 1.21 bits per heavy atom. The van der Waals surface area contributed by atoms with E-state index >= 15 is 4.39 Å². The number of benzene rings is 1. The van der Waals surface area contributed by atoms with Crippen molar-refractivity contribution >= 4 is 35.0 Å². The monoisotopic (exact) mass is 545 g/mol. The van der Waals surface area contributed by atoms with Gasteiger partial charge in [-0.05, 0) is 45.8 Å². The number of carboxylic acids is 1. The number of ketones is 1. The highest BCUT2D eigenvalue weighted by Gasteiger charge is 2.43. The minimum Gasteiger partial charge on any atom is -0.481 e. The van der Waals surface area contributed by atoms with Gasteiger partial charge in [0.15, 0.2) is 17.4 Å². The van der Waals surface area contributed by atoms with E-state index in [9.17, 15) is 19.1 Å². The van der Waals surface area contributed by atoms with Crippen molar-refractivity contribution in [3.05, 3.63) is 69.0 Å². The Bertz CT molecular complexity index is 1370. The number of anilines is 2. The summed E-state index contributed by atoms with van der Waals surface area (Å²) in [5.41, 5.74) is 0.0893. The number of rotatable bonds is 9. The second-order valence-electron chi connectivity index (χ2n) is 9.81. The number of nitrogens with one attached hydrogen (secondary N) is 2. The maximum Gasteiger partial charge on any atom is 0.310 e. The van der Waals surface area contributed by atoms with Gasteiger partial charge >= 0.3 is 5.97 Å². The molecule has 202 valence electrons. The lowest BCUT2D eigenvalue weighted by atomic mass is 9.74. The fourth-order valence-electron chi connectivity index (χ4n) is 4.88. The van der Waals surface area contributed by atoms with Crippen molar-refractivity contribution < 1.29 is 23.5 Å². The molecule has 0 aliphatic carbocycles. The van der Waals surface area contributed by atoms with E-state index in [1.807, 2.05) is 11.8 Å². The van der Waals surface area contributed by atoms with Gasteiger partial charge in [-0.1, -0.05) is 30.7 Å². The van der Waals surface area contributed by atoms with Gasteiger partial charge in [0.25, 0.3) is 0 Å². The number of H-pyrrole nitrogens is 1. The van der Waals surface area contributed by atoms with Crippen molar-refractivity contribution in [3.63, 3.8) is 0 Å². The lowest BCUT2D eigenvalue weighted by Gasteiger charge is -2.39. The zero-order valence-corrected chi connectivity index (χ0v) is 22.3. The Morgan fingerprint density at radius 2 is 1.92 bits per heavy atom. The summed E-state index contributed by atoms with van der Waals surface area (Å²) in [6.07, 6.45) is 0.309. The zero-order chi connectivity index (χ0) is 27.6. The predicted octanol–water partition coefficient (Wildman–Crippen LogP) is 5.60. The standard InChI is InChI=1S/C27H30ClF2N5O3/c1-4-20(36)22-16(3)25(32-21-12-15(2)33-34-21)31-19(24(22)30)13-27(26(37)38)8-10-35(11-9-27)14-17-6-5-7-18(28)23(17)29/h5-7,12H,4,8-11,13-14H2,1-3H3,(H,37,38)(H2,31,32,33,34). The Labute approximate surface area is 224 Å². The summed E-state index contributed by atoms with van der Waals surface area (Å²) in [5.74, 6) is -2.04. The van der Waals surface area contributed by atoms with Crippen LogP contribution in [0.2, 0.25) is 5.02 Å². The number of carbonyl (C=O) groups is 2. The first-order chi connectivity index (χ1) is 18.0. The molecule has 0 saturated carbocycles. The average Bonchev–Trinajstić information content (AvgIpc) is 3.30. The second kappa shape index (κ2) is 11.2. The molecule has 38 heavy (non-hydrogen) atoms. The SMILES string of the molecule is CCC(=O)c1c(C)c(Nc2cc(C)[nH]n2)nc(CC2(C(=O)O)CCN(Cc3cccc(Cl)c3F)CC2)c1F. The average molecular weight is 546 g/mol.